The van der Waals surface area contributed by atoms with Gasteiger partial charge in [0, 0.05) is 4.57 Å². The third-order valence-corrected chi connectivity index (χ3v) is 9.51. The molecule has 0 aliphatic carbocycles. The molecule has 252 valence electrons. The van der Waals surface area contributed by atoms with Gasteiger partial charge in [0.1, 0.15) is 0 Å². The molecule has 2 atom stereocenters. The van der Waals surface area contributed by atoms with Gasteiger partial charge in [-0.15, -0.1) is 9.05 Å². The van der Waals surface area contributed by atoms with Crippen molar-refractivity contribution < 1.29 is 13.6 Å². The first kappa shape index (κ1) is 41.9. The standard InChI is InChI=1S/C36H76N2O3P/c1-3-5-7-9-11-13-15-17-19-21-23-25-27-29-31-33-35(37)40-42(39)41-36(38)34-32-30-28-26-24-22-20-18-16-14-12-10-8-6-4-2/h35-36H,3-34,37-38H2,1-2H3/q+1. The zero-order valence-corrected chi connectivity index (χ0v) is 29.5. The Morgan fingerprint density at radius 2 is 0.571 bits per heavy atom. The Labute approximate surface area is 264 Å². The summed E-state index contributed by atoms with van der Waals surface area (Å²) in [5.74, 6) is 0. The normalized spacial score (nSPS) is 13.5. The summed E-state index contributed by atoms with van der Waals surface area (Å²) in [5, 5.41) is 0. The quantitative estimate of drug-likeness (QED) is 0.0416. The maximum Gasteiger partial charge on any atom is 0.700 e. The molecule has 0 aromatic carbocycles. The summed E-state index contributed by atoms with van der Waals surface area (Å²) >= 11 is 0. The molecule has 2 unspecified atom stereocenters. The van der Waals surface area contributed by atoms with E-state index in [2.05, 4.69) is 13.8 Å². The zero-order chi connectivity index (χ0) is 30.8. The lowest BCUT2D eigenvalue weighted by Gasteiger charge is -2.07. The van der Waals surface area contributed by atoms with Crippen molar-refractivity contribution in [3.05, 3.63) is 0 Å². The van der Waals surface area contributed by atoms with Gasteiger partial charge in [0.05, 0.1) is 0 Å². The Kier molecular flexibility index (Phi) is 35.4. The molecule has 4 N–H and O–H groups in total. The number of rotatable bonds is 36. The molecule has 0 aliphatic heterocycles. The molecule has 0 fully saturated rings. The summed E-state index contributed by atoms with van der Waals surface area (Å²) in [6.45, 7) is 4.56. The van der Waals surface area contributed by atoms with Crippen molar-refractivity contribution in [1.82, 2.24) is 0 Å². The van der Waals surface area contributed by atoms with Gasteiger partial charge in [-0.2, -0.15) is 0 Å². The summed E-state index contributed by atoms with van der Waals surface area (Å²) in [6, 6.07) is 0. The predicted octanol–water partition coefficient (Wildman–Crippen LogP) is 12.8. The van der Waals surface area contributed by atoms with Crippen LogP contribution in [0.2, 0.25) is 0 Å². The van der Waals surface area contributed by atoms with Crippen molar-refractivity contribution in [3.8, 4) is 0 Å². The second-order valence-corrected chi connectivity index (χ2v) is 13.9. The van der Waals surface area contributed by atoms with Crippen LogP contribution in [0.25, 0.3) is 0 Å². The Hall–Kier alpha value is -0.0600. The van der Waals surface area contributed by atoms with Crippen LogP contribution in [-0.4, -0.2) is 12.5 Å². The van der Waals surface area contributed by atoms with Crippen molar-refractivity contribution in [3.63, 3.8) is 0 Å². The second kappa shape index (κ2) is 35.4. The molecule has 0 rings (SSSR count). The summed E-state index contributed by atoms with van der Waals surface area (Å²) in [5.41, 5.74) is 12.0. The Balaban J connectivity index is 3.38. The van der Waals surface area contributed by atoms with Crippen LogP contribution < -0.4 is 11.5 Å². The first-order valence-electron chi connectivity index (χ1n) is 18.9. The van der Waals surface area contributed by atoms with E-state index in [-0.39, 0.29) is 0 Å². The van der Waals surface area contributed by atoms with E-state index < -0.39 is 20.7 Å². The molecule has 0 radical (unpaired) electrons. The third kappa shape index (κ3) is 34.4. The minimum atomic E-state index is -2.25. The zero-order valence-electron chi connectivity index (χ0n) is 28.6. The Bertz CT molecular complexity index is 494. The molecule has 0 bridgehead atoms. The van der Waals surface area contributed by atoms with E-state index >= 15 is 0 Å². The highest BCUT2D eigenvalue weighted by Gasteiger charge is 2.28. The van der Waals surface area contributed by atoms with Crippen LogP contribution >= 0.6 is 8.25 Å². The fourth-order valence-electron chi connectivity index (χ4n) is 5.79. The fourth-order valence-corrected chi connectivity index (χ4v) is 6.49. The topological polar surface area (TPSA) is 87.6 Å². The first-order chi connectivity index (χ1) is 20.6. The maximum atomic E-state index is 12.1. The van der Waals surface area contributed by atoms with Crippen LogP contribution in [0.3, 0.4) is 0 Å². The minimum absolute atomic E-state index is 0.534. The van der Waals surface area contributed by atoms with Crippen molar-refractivity contribution in [2.75, 3.05) is 0 Å². The van der Waals surface area contributed by atoms with Crippen molar-refractivity contribution in [2.45, 2.75) is 232 Å². The molecule has 0 saturated carbocycles. The third-order valence-electron chi connectivity index (χ3n) is 8.63. The van der Waals surface area contributed by atoms with Crippen LogP contribution in [0.4, 0.5) is 0 Å². The minimum Gasteiger partial charge on any atom is -0.302 e. The van der Waals surface area contributed by atoms with Crippen molar-refractivity contribution >= 4 is 8.25 Å². The van der Waals surface area contributed by atoms with E-state index in [0.717, 1.165) is 38.5 Å². The lowest BCUT2D eigenvalue weighted by molar-refractivity contribution is 0.123. The van der Waals surface area contributed by atoms with Crippen LogP contribution in [0.5, 0.6) is 0 Å². The van der Waals surface area contributed by atoms with Crippen molar-refractivity contribution in [1.29, 1.82) is 0 Å². The molecule has 6 heteroatoms. The van der Waals surface area contributed by atoms with E-state index in [0.29, 0.717) is 0 Å². The van der Waals surface area contributed by atoms with Crippen LogP contribution in [0.1, 0.15) is 219 Å². The lowest BCUT2D eigenvalue weighted by Crippen LogP contribution is -2.24. The van der Waals surface area contributed by atoms with Gasteiger partial charge in [0.25, 0.3) is 0 Å². The molecule has 0 spiro atoms. The largest absolute Gasteiger partial charge is 0.700 e. The van der Waals surface area contributed by atoms with Gasteiger partial charge in [-0.3, -0.25) is 0 Å². The summed E-state index contributed by atoms with van der Waals surface area (Å²) in [6.07, 6.45) is 40.6. The maximum absolute atomic E-state index is 12.1. The highest BCUT2D eigenvalue weighted by atomic mass is 31.1. The monoisotopic (exact) mass is 616 g/mol. The van der Waals surface area contributed by atoms with Gasteiger partial charge in [-0.25, -0.2) is 0 Å². The highest BCUT2D eigenvalue weighted by molar-refractivity contribution is 7.33. The van der Waals surface area contributed by atoms with E-state index in [1.54, 1.807) is 0 Å². The average Bonchev–Trinajstić information content (AvgIpc) is 2.97. The second-order valence-electron chi connectivity index (χ2n) is 13.0. The Morgan fingerprint density at radius 3 is 0.786 bits per heavy atom. The number of hydrogen-bond acceptors (Lipinski definition) is 5. The summed E-state index contributed by atoms with van der Waals surface area (Å²) in [4.78, 5) is 0. The first-order valence-corrected chi connectivity index (χ1v) is 20.0. The van der Waals surface area contributed by atoms with E-state index in [9.17, 15) is 4.57 Å². The van der Waals surface area contributed by atoms with Gasteiger partial charge < -0.3 is 11.5 Å². The number of hydrogen-bond donors (Lipinski definition) is 2. The Morgan fingerprint density at radius 1 is 0.381 bits per heavy atom. The van der Waals surface area contributed by atoms with Gasteiger partial charge >= 0.3 is 8.25 Å². The van der Waals surface area contributed by atoms with Crippen LogP contribution in [0.15, 0.2) is 0 Å². The average molecular weight is 616 g/mol. The van der Waals surface area contributed by atoms with Crippen molar-refractivity contribution in [2.24, 2.45) is 11.5 Å². The smallest absolute Gasteiger partial charge is 0.302 e. The molecule has 0 aliphatic rings. The lowest BCUT2D eigenvalue weighted by atomic mass is 10.0. The fraction of sp³-hybridized carbons (Fsp3) is 1.00. The molecule has 0 heterocycles. The summed E-state index contributed by atoms with van der Waals surface area (Å²) < 4.78 is 22.8. The SMILES string of the molecule is CCCCCCCCCCCCCCCCCC(N)O[P+](=O)OC(N)CCCCCCCCCCCCCCCCC. The molecule has 0 aromatic heterocycles. The van der Waals surface area contributed by atoms with E-state index in [4.69, 9.17) is 20.5 Å². The molecular weight excluding hydrogens is 539 g/mol. The highest BCUT2D eigenvalue weighted by Crippen LogP contribution is 2.28. The number of unbranched alkanes of at least 4 members (excludes halogenated alkanes) is 28. The van der Waals surface area contributed by atoms with Crippen LogP contribution in [-0.2, 0) is 13.6 Å². The van der Waals surface area contributed by atoms with Gasteiger partial charge in [0.2, 0.25) is 0 Å². The van der Waals surface area contributed by atoms with Gasteiger partial charge in [-0.05, 0) is 25.7 Å². The molecular formula is C36H76N2O3P+. The molecule has 42 heavy (non-hydrogen) atoms. The summed E-state index contributed by atoms with van der Waals surface area (Å²) in [7, 11) is -2.25. The molecule has 0 aromatic rings. The van der Waals surface area contributed by atoms with E-state index in [1.807, 2.05) is 0 Å². The van der Waals surface area contributed by atoms with Crippen LogP contribution in [0, 0.1) is 0 Å². The van der Waals surface area contributed by atoms with Gasteiger partial charge in [-0.1, -0.05) is 194 Å². The molecule has 5 nitrogen and oxygen atoms in total. The van der Waals surface area contributed by atoms with Gasteiger partial charge in [0.15, 0.2) is 12.5 Å². The molecule has 0 amide bonds. The molecule has 0 saturated heterocycles. The number of nitrogens with two attached hydrogens (primary N) is 2. The predicted molar refractivity (Wildman–Crippen MR) is 185 cm³/mol. The van der Waals surface area contributed by atoms with E-state index in [1.165, 1.54) is 167 Å².